The SMILES string of the molecule is O=C(Nc1nccs1)[C@H]1CC(=O)N(CCc2c[nH]c3ccc(Cl)cc23)C1. The van der Waals surface area contributed by atoms with Crippen LogP contribution < -0.4 is 5.32 Å². The molecule has 1 saturated heterocycles. The molecule has 2 amide bonds. The van der Waals surface area contributed by atoms with Crippen LogP contribution in [0.3, 0.4) is 0 Å². The van der Waals surface area contributed by atoms with Crippen LogP contribution in [0.2, 0.25) is 5.02 Å². The van der Waals surface area contributed by atoms with Gasteiger partial charge in [-0.1, -0.05) is 11.6 Å². The maximum atomic E-state index is 12.3. The first-order valence-corrected chi connectivity index (χ1v) is 9.59. The molecule has 1 aliphatic heterocycles. The van der Waals surface area contributed by atoms with Crippen molar-refractivity contribution in [1.82, 2.24) is 14.9 Å². The Morgan fingerprint density at radius 1 is 1.46 bits per heavy atom. The van der Waals surface area contributed by atoms with Crippen LogP contribution in [-0.2, 0) is 16.0 Å². The zero-order chi connectivity index (χ0) is 18.1. The number of amides is 2. The molecule has 3 heterocycles. The van der Waals surface area contributed by atoms with Crippen molar-refractivity contribution >= 4 is 50.8 Å². The Hall–Kier alpha value is -2.38. The van der Waals surface area contributed by atoms with E-state index in [4.69, 9.17) is 11.6 Å². The van der Waals surface area contributed by atoms with Gasteiger partial charge in [-0.2, -0.15) is 0 Å². The van der Waals surface area contributed by atoms with Gasteiger partial charge in [0, 0.05) is 53.2 Å². The van der Waals surface area contributed by atoms with Crippen molar-refractivity contribution < 1.29 is 9.59 Å². The van der Waals surface area contributed by atoms with Gasteiger partial charge in [-0.15, -0.1) is 11.3 Å². The number of hydrogen-bond acceptors (Lipinski definition) is 4. The van der Waals surface area contributed by atoms with Crippen LogP contribution in [0.5, 0.6) is 0 Å². The predicted octanol–water partition coefficient (Wildman–Crippen LogP) is 3.31. The van der Waals surface area contributed by atoms with E-state index in [1.807, 2.05) is 24.4 Å². The Kier molecular flexibility index (Phi) is 4.65. The van der Waals surface area contributed by atoms with E-state index in [2.05, 4.69) is 15.3 Å². The van der Waals surface area contributed by atoms with E-state index < -0.39 is 0 Å². The summed E-state index contributed by atoms with van der Waals surface area (Å²) in [6.07, 6.45) is 4.55. The summed E-state index contributed by atoms with van der Waals surface area (Å²) in [5.41, 5.74) is 2.14. The van der Waals surface area contributed by atoms with Crippen molar-refractivity contribution in [2.75, 3.05) is 18.4 Å². The molecule has 4 rings (SSSR count). The minimum atomic E-state index is -0.330. The fourth-order valence-corrected chi connectivity index (χ4v) is 3.97. The molecule has 0 bridgehead atoms. The van der Waals surface area contributed by atoms with Gasteiger partial charge in [0.25, 0.3) is 0 Å². The Morgan fingerprint density at radius 2 is 2.35 bits per heavy atom. The standard InChI is InChI=1S/C18H17ClN4O2S/c19-13-1-2-15-14(8-13)11(9-21-15)3-5-23-10-12(7-16(23)24)17(25)22-18-20-4-6-26-18/h1-2,4,6,8-9,12,21H,3,5,7,10H2,(H,20,22,25)/t12-/m0/s1. The quantitative estimate of drug-likeness (QED) is 0.703. The zero-order valence-electron chi connectivity index (χ0n) is 13.9. The minimum Gasteiger partial charge on any atom is -0.361 e. The lowest BCUT2D eigenvalue weighted by molar-refractivity contribution is -0.128. The molecule has 3 aromatic rings. The van der Waals surface area contributed by atoms with Crippen LogP contribution in [0.4, 0.5) is 5.13 Å². The second kappa shape index (κ2) is 7.09. The molecule has 0 radical (unpaired) electrons. The topological polar surface area (TPSA) is 78.1 Å². The Labute approximate surface area is 159 Å². The van der Waals surface area contributed by atoms with E-state index in [9.17, 15) is 9.59 Å². The van der Waals surface area contributed by atoms with Gasteiger partial charge in [-0.05, 0) is 30.2 Å². The van der Waals surface area contributed by atoms with Crippen molar-refractivity contribution in [3.05, 3.63) is 46.6 Å². The third kappa shape index (κ3) is 3.45. The summed E-state index contributed by atoms with van der Waals surface area (Å²) >= 11 is 7.45. The van der Waals surface area contributed by atoms with Crippen molar-refractivity contribution in [2.24, 2.45) is 5.92 Å². The first-order chi connectivity index (χ1) is 12.6. The molecular weight excluding hydrogens is 372 g/mol. The van der Waals surface area contributed by atoms with Gasteiger partial charge >= 0.3 is 0 Å². The Bertz CT molecular complexity index is 953. The van der Waals surface area contributed by atoms with Crippen LogP contribution >= 0.6 is 22.9 Å². The Morgan fingerprint density at radius 3 is 3.15 bits per heavy atom. The van der Waals surface area contributed by atoms with Gasteiger partial charge in [0.15, 0.2) is 5.13 Å². The number of aromatic amines is 1. The highest BCUT2D eigenvalue weighted by molar-refractivity contribution is 7.13. The molecule has 8 heteroatoms. The normalized spacial score (nSPS) is 17.2. The van der Waals surface area contributed by atoms with E-state index in [0.29, 0.717) is 29.7 Å². The van der Waals surface area contributed by atoms with Crippen LogP contribution in [0.1, 0.15) is 12.0 Å². The number of carbonyl (C=O) groups is 2. The van der Waals surface area contributed by atoms with E-state index in [1.54, 1.807) is 16.5 Å². The largest absolute Gasteiger partial charge is 0.361 e. The molecule has 1 aliphatic rings. The number of nitrogens with zero attached hydrogens (tertiary/aromatic N) is 2. The number of thiazole rings is 1. The summed E-state index contributed by atoms with van der Waals surface area (Å²) in [5, 5.41) is 6.90. The molecule has 0 saturated carbocycles. The first kappa shape index (κ1) is 17.1. The number of anilines is 1. The third-order valence-electron chi connectivity index (χ3n) is 4.63. The van der Waals surface area contributed by atoms with Gasteiger partial charge in [0.05, 0.1) is 5.92 Å². The number of benzene rings is 1. The lowest BCUT2D eigenvalue weighted by Gasteiger charge is -2.16. The molecule has 6 nitrogen and oxygen atoms in total. The first-order valence-electron chi connectivity index (χ1n) is 8.34. The highest BCUT2D eigenvalue weighted by Gasteiger charge is 2.34. The molecule has 0 aliphatic carbocycles. The molecule has 26 heavy (non-hydrogen) atoms. The number of rotatable bonds is 5. The number of fused-ring (bicyclic) bond motifs is 1. The zero-order valence-corrected chi connectivity index (χ0v) is 15.4. The van der Waals surface area contributed by atoms with Gasteiger partial charge in [-0.3, -0.25) is 9.59 Å². The molecule has 2 N–H and O–H groups in total. The van der Waals surface area contributed by atoms with E-state index >= 15 is 0 Å². The smallest absolute Gasteiger partial charge is 0.231 e. The number of halogens is 1. The number of H-pyrrole nitrogens is 1. The second-order valence-electron chi connectivity index (χ2n) is 6.32. The summed E-state index contributed by atoms with van der Waals surface area (Å²) in [6, 6.07) is 5.72. The third-order valence-corrected chi connectivity index (χ3v) is 5.55. The second-order valence-corrected chi connectivity index (χ2v) is 7.65. The number of carbonyl (C=O) groups excluding carboxylic acids is 2. The predicted molar refractivity (Wildman–Crippen MR) is 102 cm³/mol. The molecule has 1 aromatic carbocycles. The van der Waals surface area contributed by atoms with Gasteiger partial charge in [-0.25, -0.2) is 4.98 Å². The summed E-state index contributed by atoms with van der Waals surface area (Å²) in [6.45, 7) is 1.03. The van der Waals surface area contributed by atoms with Crippen molar-refractivity contribution in [1.29, 1.82) is 0 Å². The fourth-order valence-electron chi connectivity index (χ4n) is 3.27. The van der Waals surface area contributed by atoms with Crippen molar-refractivity contribution in [3.8, 4) is 0 Å². The maximum Gasteiger partial charge on any atom is 0.231 e. The van der Waals surface area contributed by atoms with Crippen molar-refractivity contribution in [2.45, 2.75) is 12.8 Å². The number of nitrogens with one attached hydrogen (secondary N) is 2. The van der Waals surface area contributed by atoms with E-state index in [-0.39, 0.29) is 24.2 Å². The highest BCUT2D eigenvalue weighted by Crippen LogP contribution is 2.25. The average molecular weight is 389 g/mol. The Balaban J connectivity index is 1.38. The van der Waals surface area contributed by atoms with Gasteiger partial charge in [0.1, 0.15) is 0 Å². The molecule has 0 unspecified atom stereocenters. The van der Waals surface area contributed by atoms with E-state index in [0.717, 1.165) is 16.5 Å². The van der Waals surface area contributed by atoms with Gasteiger partial charge < -0.3 is 15.2 Å². The van der Waals surface area contributed by atoms with Crippen molar-refractivity contribution in [3.63, 3.8) is 0 Å². The molecule has 1 atom stereocenters. The summed E-state index contributed by atoms with van der Waals surface area (Å²) in [4.78, 5) is 33.6. The van der Waals surface area contributed by atoms with Crippen LogP contribution in [0.25, 0.3) is 10.9 Å². The number of aromatic nitrogens is 2. The lowest BCUT2D eigenvalue weighted by Crippen LogP contribution is -2.29. The van der Waals surface area contributed by atoms with E-state index in [1.165, 1.54) is 11.3 Å². The molecular formula is C18H17ClN4O2S. The monoisotopic (exact) mass is 388 g/mol. The summed E-state index contributed by atoms with van der Waals surface area (Å²) in [5.74, 6) is -0.458. The molecule has 2 aromatic heterocycles. The molecule has 134 valence electrons. The summed E-state index contributed by atoms with van der Waals surface area (Å²) < 4.78 is 0. The number of likely N-dealkylation sites (tertiary alicyclic amines) is 1. The minimum absolute atomic E-state index is 0.0159. The molecule has 0 spiro atoms. The average Bonchev–Trinajstić information content (AvgIpc) is 3.33. The summed E-state index contributed by atoms with van der Waals surface area (Å²) in [7, 11) is 0. The fraction of sp³-hybridized carbons (Fsp3) is 0.278. The molecule has 1 fully saturated rings. The highest BCUT2D eigenvalue weighted by atomic mass is 35.5. The lowest BCUT2D eigenvalue weighted by atomic mass is 10.1. The van der Waals surface area contributed by atoms with Gasteiger partial charge in [0.2, 0.25) is 11.8 Å². The van der Waals surface area contributed by atoms with Crippen LogP contribution in [0, 0.1) is 5.92 Å². The van der Waals surface area contributed by atoms with Crippen LogP contribution in [0.15, 0.2) is 36.0 Å². The maximum absolute atomic E-state index is 12.3. The number of hydrogen-bond donors (Lipinski definition) is 2. The van der Waals surface area contributed by atoms with Crippen LogP contribution in [-0.4, -0.2) is 39.8 Å².